The quantitative estimate of drug-likeness (QED) is 0.717. The van der Waals surface area contributed by atoms with Gasteiger partial charge < -0.3 is 15.5 Å². The summed E-state index contributed by atoms with van der Waals surface area (Å²) in [6, 6.07) is 8.54. The van der Waals surface area contributed by atoms with Crippen molar-refractivity contribution in [2.24, 2.45) is 5.41 Å². The zero-order valence-electron chi connectivity index (χ0n) is 9.80. The maximum absolute atomic E-state index is 11.7. The number of aliphatic hydroxyl groups excluding tert-OH is 1. The van der Waals surface area contributed by atoms with Crippen molar-refractivity contribution in [2.45, 2.75) is 18.9 Å². The number of hydrogen-bond acceptors (Lipinski definition) is 3. The molecule has 1 aromatic rings. The van der Waals surface area contributed by atoms with Crippen LogP contribution in [0.1, 0.15) is 24.5 Å². The molecular weight excluding hydrogens is 234 g/mol. The highest BCUT2D eigenvalue weighted by atomic mass is 16.4. The number of carbonyl (C=O) groups is 2. The van der Waals surface area contributed by atoms with Gasteiger partial charge in [-0.15, -0.1) is 0 Å². The number of benzene rings is 1. The summed E-state index contributed by atoms with van der Waals surface area (Å²) in [5, 5.41) is 21.2. The van der Waals surface area contributed by atoms with Crippen LogP contribution in [0.25, 0.3) is 0 Å². The molecular formula is C13H15NO4. The Hall–Kier alpha value is -1.88. The second-order valence-electron chi connectivity index (χ2n) is 4.62. The van der Waals surface area contributed by atoms with Crippen molar-refractivity contribution in [1.29, 1.82) is 0 Å². The molecule has 18 heavy (non-hydrogen) atoms. The van der Waals surface area contributed by atoms with Crippen molar-refractivity contribution >= 4 is 11.9 Å². The molecule has 2 rings (SSSR count). The van der Waals surface area contributed by atoms with E-state index in [2.05, 4.69) is 5.32 Å². The molecule has 1 aliphatic rings. The molecule has 1 aromatic carbocycles. The predicted molar refractivity (Wildman–Crippen MR) is 63.7 cm³/mol. The number of aliphatic carboxylic acids is 1. The van der Waals surface area contributed by atoms with Gasteiger partial charge in [-0.3, -0.25) is 9.59 Å². The van der Waals surface area contributed by atoms with Gasteiger partial charge in [-0.2, -0.15) is 0 Å². The summed E-state index contributed by atoms with van der Waals surface area (Å²) >= 11 is 0. The normalized spacial score (nSPS) is 17.8. The van der Waals surface area contributed by atoms with Crippen molar-refractivity contribution in [3.8, 4) is 0 Å². The zero-order chi connectivity index (χ0) is 13.2. The van der Waals surface area contributed by atoms with Crippen molar-refractivity contribution in [3.05, 3.63) is 35.9 Å². The fourth-order valence-electron chi connectivity index (χ4n) is 1.76. The lowest BCUT2D eigenvalue weighted by atomic mass is 10.1. The average molecular weight is 249 g/mol. The molecule has 0 heterocycles. The SMILES string of the molecule is O=C(NCC1(C(=O)O)CC1)C(O)c1ccccc1. The van der Waals surface area contributed by atoms with E-state index >= 15 is 0 Å². The van der Waals surface area contributed by atoms with Crippen LogP contribution in [-0.4, -0.2) is 28.6 Å². The molecule has 1 atom stereocenters. The van der Waals surface area contributed by atoms with E-state index in [0.717, 1.165) is 0 Å². The Morgan fingerprint density at radius 2 is 1.89 bits per heavy atom. The van der Waals surface area contributed by atoms with E-state index < -0.39 is 23.4 Å². The van der Waals surface area contributed by atoms with Gasteiger partial charge in [0.05, 0.1) is 5.41 Å². The fourth-order valence-corrected chi connectivity index (χ4v) is 1.76. The molecule has 1 amide bonds. The minimum Gasteiger partial charge on any atom is -0.481 e. The first kappa shape index (κ1) is 12.6. The van der Waals surface area contributed by atoms with Gasteiger partial charge >= 0.3 is 5.97 Å². The van der Waals surface area contributed by atoms with Gasteiger partial charge in [-0.1, -0.05) is 30.3 Å². The van der Waals surface area contributed by atoms with E-state index in [4.69, 9.17) is 5.11 Å². The lowest BCUT2D eigenvalue weighted by molar-refractivity contribution is -0.143. The number of carboxylic acids is 1. The van der Waals surface area contributed by atoms with E-state index in [0.29, 0.717) is 18.4 Å². The Morgan fingerprint density at radius 3 is 2.39 bits per heavy atom. The molecule has 1 fully saturated rings. The van der Waals surface area contributed by atoms with Crippen LogP contribution in [0.4, 0.5) is 0 Å². The second-order valence-corrected chi connectivity index (χ2v) is 4.62. The number of amides is 1. The first-order valence-electron chi connectivity index (χ1n) is 5.79. The monoisotopic (exact) mass is 249 g/mol. The number of nitrogens with one attached hydrogen (secondary N) is 1. The lowest BCUT2D eigenvalue weighted by Gasteiger charge is -2.14. The summed E-state index contributed by atoms with van der Waals surface area (Å²) < 4.78 is 0. The molecule has 0 bridgehead atoms. The van der Waals surface area contributed by atoms with Crippen LogP contribution < -0.4 is 5.32 Å². The minimum atomic E-state index is -1.25. The summed E-state index contributed by atoms with van der Waals surface area (Å²) in [5.74, 6) is -1.45. The van der Waals surface area contributed by atoms with Crippen LogP contribution in [0.15, 0.2) is 30.3 Å². The van der Waals surface area contributed by atoms with E-state index in [-0.39, 0.29) is 6.54 Å². The average Bonchev–Trinajstić information content (AvgIpc) is 3.17. The molecule has 1 aliphatic carbocycles. The lowest BCUT2D eigenvalue weighted by Crippen LogP contribution is -2.37. The van der Waals surface area contributed by atoms with Gasteiger partial charge in [0, 0.05) is 6.54 Å². The maximum atomic E-state index is 11.7. The van der Waals surface area contributed by atoms with E-state index in [1.807, 2.05) is 0 Å². The van der Waals surface area contributed by atoms with Gasteiger partial charge in [-0.25, -0.2) is 0 Å². The number of aliphatic hydroxyl groups is 1. The summed E-state index contributed by atoms with van der Waals surface area (Å²) in [7, 11) is 0. The third kappa shape index (κ3) is 2.51. The van der Waals surface area contributed by atoms with Crippen LogP contribution in [0.3, 0.4) is 0 Å². The second kappa shape index (κ2) is 4.78. The molecule has 1 unspecified atom stereocenters. The van der Waals surface area contributed by atoms with E-state index in [9.17, 15) is 14.7 Å². The number of carboxylic acid groups (broad SMARTS) is 1. The van der Waals surface area contributed by atoms with Gasteiger partial charge in [0.1, 0.15) is 0 Å². The molecule has 3 N–H and O–H groups in total. The maximum Gasteiger partial charge on any atom is 0.311 e. The molecule has 0 aromatic heterocycles. The largest absolute Gasteiger partial charge is 0.481 e. The third-order valence-electron chi connectivity index (χ3n) is 3.27. The molecule has 0 saturated heterocycles. The number of hydrogen-bond donors (Lipinski definition) is 3. The van der Waals surface area contributed by atoms with Crippen molar-refractivity contribution in [1.82, 2.24) is 5.32 Å². The first-order valence-corrected chi connectivity index (χ1v) is 5.79. The highest BCUT2D eigenvalue weighted by molar-refractivity contribution is 5.84. The smallest absolute Gasteiger partial charge is 0.311 e. The fraction of sp³-hybridized carbons (Fsp3) is 0.385. The van der Waals surface area contributed by atoms with Gasteiger partial charge in [0.15, 0.2) is 6.10 Å². The Labute approximate surface area is 104 Å². The molecule has 5 nitrogen and oxygen atoms in total. The van der Waals surface area contributed by atoms with Crippen LogP contribution in [0.2, 0.25) is 0 Å². The van der Waals surface area contributed by atoms with Crippen LogP contribution >= 0.6 is 0 Å². The third-order valence-corrected chi connectivity index (χ3v) is 3.27. The highest BCUT2D eigenvalue weighted by Gasteiger charge is 2.50. The molecule has 0 spiro atoms. The van der Waals surface area contributed by atoms with Gasteiger partial charge in [-0.05, 0) is 18.4 Å². The summed E-state index contributed by atoms with van der Waals surface area (Å²) in [6.07, 6.45) is -0.107. The first-order chi connectivity index (χ1) is 8.55. The standard InChI is InChI=1S/C13H15NO4/c15-10(9-4-2-1-3-5-9)11(16)14-8-13(6-7-13)12(17)18/h1-5,10,15H,6-8H2,(H,14,16)(H,17,18). The summed E-state index contributed by atoms with van der Waals surface area (Å²) in [6.45, 7) is 0.0745. The molecule has 5 heteroatoms. The number of carbonyl (C=O) groups excluding carboxylic acids is 1. The Morgan fingerprint density at radius 1 is 1.28 bits per heavy atom. The highest BCUT2D eigenvalue weighted by Crippen LogP contribution is 2.45. The van der Waals surface area contributed by atoms with Crippen molar-refractivity contribution < 1.29 is 19.8 Å². The topological polar surface area (TPSA) is 86.6 Å². The Bertz CT molecular complexity index is 453. The molecule has 1 saturated carbocycles. The molecule has 96 valence electrons. The van der Waals surface area contributed by atoms with Crippen molar-refractivity contribution in [3.63, 3.8) is 0 Å². The van der Waals surface area contributed by atoms with Gasteiger partial charge in [0.2, 0.25) is 0 Å². The van der Waals surface area contributed by atoms with Crippen LogP contribution in [0.5, 0.6) is 0 Å². The van der Waals surface area contributed by atoms with Crippen LogP contribution in [-0.2, 0) is 9.59 Å². The van der Waals surface area contributed by atoms with Gasteiger partial charge in [0.25, 0.3) is 5.91 Å². The number of rotatable bonds is 5. The van der Waals surface area contributed by atoms with E-state index in [1.165, 1.54) is 0 Å². The van der Waals surface area contributed by atoms with Crippen molar-refractivity contribution in [2.75, 3.05) is 6.54 Å². The van der Waals surface area contributed by atoms with Crippen LogP contribution in [0, 0.1) is 5.41 Å². The molecule has 0 aliphatic heterocycles. The molecule has 0 radical (unpaired) electrons. The Kier molecular flexibility index (Phi) is 3.34. The summed E-state index contributed by atoms with van der Waals surface area (Å²) in [5.41, 5.74) is -0.318. The van der Waals surface area contributed by atoms with E-state index in [1.54, 1.807) is 30.3 Å². The summed E-state index contributed by atoms with van der Waals surface area (Å²) in [4.78, 5) is 22.6. The minimum absolute atomic E-state index is 0.0745. The Balaban J connectivity index is 1.91. The predicted octanol–water partition coefficient (Wildman–Crippen LogP) is 0.701. The zero-order valence-corrected chi connectivity index (χ0v) is 9.80.